The van der Waals surface area contributed by atoms with E-state index in [2.05, 4.69) is 19.3 Å². The van der Waals surface area contributed by atoms with Gasteiger partial charge in [-0.3, -0.25) is 0 Å². The quantitative estimate of drug-likeness (QED) is 0.255. The van der Waals surface area contributed by atoms with Crippen molar-refractivity contribution < 1.29 is 35.8 Å². The molecule has 0 saturated heterocycles. The number of halogens is 1. The number of para-hydroxylation sites is 1. The van der Waals surface area contributed by atoms with Gasteiger partial charge >= 0.3 is 0 Å². The second-order valence-electron chi connectivity index (χ2n) is 8.95. The summed E-state index contributed by atoms with van der Waals surface area (Å²) in [6, 6.07) is 30.9. The van der Waals surface area contributed by atoms with E-state index in [0.717, 1.165) is 40.1 Å². The zero-order valence-corrected chi connectivity index (χ0v) is 21.2. The minimum Gasteiger partial charge on any atom is -1.00 e. The SMILES string of the molecule is C[N+](C)(CCCOc1ccccc1)Cc1cc(C(O)(c2ccccc2)c2ccccc2)no1.[Br-]. The molecule has 178 valence electrons. The smallest absolute Gasteiger partial charge is 0.191 e. The lowest BCUT2D eigenvalue weighted by Gasteiger charge is -2.28. The molecule has 0 saturated carbocycles. The topological polar surface area (TPSA) is 55.5 Å². The molecule has 34 heavy (non-hydrogen) atoms. The molecule has 1 N–H and O–H groups in total. The first-order valence-corrected chi connectivity index (χ1v) is 11.3. The van der Waals surface area contributed by atoms with Crippen molar-refractivity contribution in [1.29, 1.82) is 0 Å². The Morgan fingerprint density at radius 3 is 1.94 bits per heavy atom. The van der Waals surface area contributed by atoms with E-state index in [4.69, 9.17) is 9.26 Å². The summed E-state index contributed by atoms with van der Waals surface area (Å²) < 4.78 is 12.3. The van der Waals surface area contributed by atoms with Crippen LogP contribution in [-0.2, 0) is 12.1 Å². The summed E-state index contributed by atoms with van der Waals surface area (Å²) in [6.45, 7) is 2.25. The van der Waals surface area contributed by atoms with Crippen molar-refractivity contribution in [2.24, 2.45) is 0 Å². The Morgan fingerprint density at radius 1 is 0.853 bits per heavy atom. The second-order valence-corrected chi connectivity index (χ2v) is 8.95. The largest absolute Gasteiger partial charge is 1.00 e. The third kappa shape index (κ3) is 6.14. The maximum Gasteiger partial charge on any atom is 0.191 e. The predicted octanol–water partition coefficient (Wildman–Crippen LogP) is 2.01. The number of quaternary nitrogens is 1. The molecule has 0 aliphatic rings. The van der Waals surface area contributed by atoms with Crippen LogP contribution < -0.4 is 21.7 Å². The fourth-order valence-corrected chi connectivity index (χ4v) is 4.08. The summed E-state index contributed by atoms with van der Waals surface area (Å²) in [5, 5.41) is 16.2. The monoisotopic (exact) mass is 522 g/mol. The number of hydrogen-bond acceptors (Lipinski definition) is 4. The van der Waals surface area contributed by atoms with Gasteiger partial charge in [0.25, 0.3) is 0 Å². The van der Waals surface area contributed by atoms with Crippen LogP contribution in [0.4, 0.5) is 0 Å². The van der Waals surface area contributed by atoms with Crippen molar-refractivity contribution in [3.63, 3.8) is 0 Å². The highest BCUT2D eigenvalue weighted by Crippen LogP contribution is 2.36. The van der Waals surface area contributed by atoms with Crippen molar-refractivity contribution in [3.05, 3.63) is 120 Å². The van der Waals surface area contributed by atoms with Gasteiger partial charge in [0.2, 0.25) is 0 Å². The van der Waals surface area contributed by atoms with Crippen LogP contribution >= 0.6 is 0 Å². The Kier molecular flexibility index (Phi) is 8.67. The predicted molar refractivity (Wildman–Crippen MR) is 129 cm³/mol. The molecule has 0 aliphatic heterocycles. The average Bonchev–Trinajstić information content (AvgIpc) is 3.31. The van der Waals surface area contributed by atoms with Crippen LogP contribution in [0.3, 0.4) is 0 Å². The Bertz CT molecular complexity index is 1090. The van der Waals surface area contributed by atoms with Crippen molar-refractivity contribution in [1.82, 2.24) is 5.16 Å². The number of nitrogens with zero attached hydrogens (tertiary/aromatic N) is 2. The maximum atomic E-state index is 11.9. The molecule has 3 aromatic carbocycles. The number of benzene rings is 3. The molecular formula is C28H31BrN2O3. The zero-order chi connectivity index (χ0) is 23.2. The van der Waals surface area contributed by atoms with Gasteiger partial charge in [-0.05, 0) is 23.3 Å². The Hall–Kier alpha value is -2.93. The van der Waals surface area contributed by atoms with Gasteiger partial charge in [0, 0.05) is 12.5 Å². The zero-order valence-electron chi connectivity index (χ0n) is 19.6. The number of aromatic nitrogens is 1. The average molecular weight is 523 g/mol. The molecule has 4 rings (SSSR count). The molecule has 0 fully saturated rings. The van der Waals surface area contributed by atoms with Crippen molar-refractivity contribution in [2.75, 3.05) is 27.2 Å². The Morgan fingerprint density at radius 2 is 1.38 bits per heavy atom. The molecule has 6 heteroatoms. The van der Waals surface area contributed by atoms with Crippen molar-refractivity contribution >= 4 is 0 Å². The van der Waals surface area contributed by atoms with Crippen LogP contribution in [-0.4, -0.2) is 42.0 Å². The van der Waals surface area contributed by atoms with Crippen LogP contribution in [0.25, 0.3) is 0 Å². The fourth-order valence-electron chi connectivity index (χ4n) is 4.08. The number of rotatable bonds is 10. The fraction of sp³-hybridized carbons (Fsp3) is 0.250. The third-order valence-electron chi connectivity index (χ3n) is 5.82. The van der Waals surface area contributed by atoms with Crippen LogP contribution in [0, 0.1) is 0 Å². The summed E-state index contributed by atoms with van der Waals surface area (Å²) in [6.07, 6.45) is 0.918. The molecule has 0 radical (unpaired) electrons. The minimum absolute atomic E-state index is 0. The van der Waals surface area contributed by atoms with Crippen LogP contribution in [0.15, 0.2) is 102 Å². The second kappa shape index (κ2) is 11.5. The highest BCUT2D eigenvalue weighted by atomic mass is 79.9. The van der Waals surface area contributed by atoms with Gasteiger partial charge in [-0.1, -0.05) is 84.0 Å². The van der Waals surface area contributed by atoms with Crippen LogP contribution in [0.5, 0.6) is 5.75 Å². The van der Waals surface area contributed by atoms with E-state index in [1.807, 2.05) is 97.1 Å². The van der Waals surface area contributed by atoms with E-state index >= 15 is 0 Å². The molecule has 0 aliphatic carbocycles. The van der Waals surface area contributed by atoms with Gasteiger partial charge in [-0.2, -0.15) is 0 Å². The number of hydrogen-bond donors (Lipinski definition) is 1. The Labute approximate surface area is 212 Å². The van der Waals surface area contributed by atoms with Gasteiger partial charge in [-0.25, -0.2) is 0 Å². The molecule has 4 aromatic rings. The minimum atomic E-state index is -1.38. The van der Waals surface area contributed by atoms with Crippen LogP contribution in [0.2, 0.25) is 0 Å². The lowest BCUT2D eigenvalue weighted by molar-refractivity contribution is -0.904. The molecule has 5 nitrogen and oxygen atoms in total. The van der Waals surface area contributed by atoms with E-state index in [9.17, 15) is 5.11 Å². The third-order valence-corrected chi connectivity index (χ3v) is 5.82. The van der Waals surface area contributed by atoms with Crippen molar-refractivity contribution in [3.8, 4) is 5.75 Å². The normalized spacial score (nSPS) is 11.6. The Balaban J connectivity index is 0.00000324. The van der Waals surface area contributed by atoms with E-state index in [1.54, 1.807) is 0 Å². The van der Waals surface area contributed by atoms with E-state index < -0.39 is 5.60 Å². The van der Waals surface area contributed by atoms with E-state index in [-0.39, 0.29) is 17.0 Å². The molecule has 0 unspecified atom stereocenters. The molecular weight excluding hydrogens is 492 g/mol. The lowest BCUT2D eigenvalue weighted by Crippen LogP contribution is -3.00. The molecule has 0 spiro atoms. The highest BCUT2D eigenvalue weighted by Gasteiger charge is 2.37. The first-order valence-electron chi connectivity index (χ1n) is 11.3. The molecule has 0 amide bonds. The van der Waals surface area contributed by atoms with Gasteiger partial charge in [-0.15, -0.1) is 0 Å². The number of aliphatic hydroxyl groups is 1. The molecule has 1 aromatic heterocycles. The molecule has 0 atom stereocenters. The summed E-state index contributed by atoms with van der Waals surface area (Å²) in [5.41, 5.74) is 0.610. The van der Waals surface area contributed by atoms with Gasteiger partial charge in [0.1, 0.15) is 18.0 Å². The summed E-state index contributed by atoms with van der Waals surface area (Å²) in [4.78, 5) is 0. The van der Waals surface area contributed by atoms with Crippen LogP contribution in [0.1, 0.15) is 29.0 Å². The van der Waals surface area contributed by atoms with Gasteiger partial charge in [0.15, 0.2) is 11.4 Å². The van der Waals surface area contributed by atoms with Gasteiger partial charge < -0.3 is 35.8 Å². The van der Waals surface area contributed by atoms with E-state index in [0.29, 0.717) is 18.8 Å². The highest BCUT2D eigenvalue weighted by molar-refractivity contribution is 5.44. The first-order chi connectivity index (χ1) is 16.0. The number of ether oxygens (including phenoxy) is 1. The molecule has 0 bridgehead atoms. The van der Waals surface area contributed by atoms with Crippen molar-refractivity contribution in [2.45, 2.75) is 18.6 Å². The maximum absolute atomic E-state index is 11.9. The molecule has 1 heterocycles. The first kappa shape index (κ1) is 25.7. The van der Waals surface area contributed by atoms with E-state index in [1.165, 1.54) is 0 Å². The summed E-state index contributed by atoms with van der Waals surface area (Å²) >= 11 is 0. The lowest BCUT2D eigenvalue weighted by atomic mass is 9.83. The van der Waals surface area contributed by atoms with Gasteiger partial charge in [0.05, 0.1) is 27.2 Å². The standard InChI is InChI=1S/C28H31N2O3.BrH/c1-30(2,19-12-20-32-25-17-10-5-11-18-25)22-26-21-27(29-33-26)28(31,23-13-6-3-7-14-23)24-15-8-4-9-16-24;/h3-11,13-18,21,31H,12,19-20,22H2,1-2H3;1H/q+1;/p-1. The summed E-state index contributed by atoms with van der Waals surface area (Å²) in [7, 11) is 4.32. The summed E-state index contributed by atoms with van der Waals surface area (Å²) in [5.74, 6) is 1.63.